The lowest BCUT2D eigenvalue weighted by molar-refractivity contribution is 0.136. The average Bonchev–Trinajstić information content (AvgIpc) is 3.10. The summed E-state index contributed by atoms with van der Waals surface area (Å²) in [4.78, 5) is 16.1. The zero-order valence-corrected chi connectivity index (χ0v) is 20.1. The highest BCUT2D eigenvalue weighted by atomic mass is 79.9. The summed E-state index contributed by atoms with van der Waals surface area (Å²) in [5, 5.41) is 14.2. The van der Waals surface area contributed by atoms with Gasteiger partial charge in [-0.25, -0.2) is 15.6 Å². The second-order valence-corrected chi connectivity index (χ2v) is 8.68. The monoisotopic (exact) mass is 483 g/mol. The Labute approximate surface area is 186 Å². The fourth-order valence-corrected chi connectivity index (χ4v) is 2.94. The van der Waals surface area contributed by atoms with Crippen molar-refractivity contribution in [3.63, 3.8) is 0 Å². The summed E-state index contributed by atoms with van der Waals surface area (Å²) in [5.74, 6) is 6.93. The Hall–Kier alpha value is -2.33. The van der Waals surface area contributed by atoms with E-state index in [9.17, 15) is 4.79 Å². The number of carbonyl (C=O) groups is 1. The molecule has 0 spiro atoms. The number of fused-ring (bicyclic) bond motifs is 1. The molecule has 9 nitrogen and oxygen atoms in total. The SMILES string of the molecule is C/C(=C\N(C)N)c1cnn2c(N)c(Br)cnc12.CC(C)C.O=C(O)N1CCCCC1. The Morgan fingerprint density at radius 2 is 1.83 bits per heavy atom. The van der Waals surface area contributed by atoms with Crippen LogP contribution in [0.4, 0.5) is 10.6 Å². The van der Waals surface area contributed by atoms with E-state index < -0.39 is 6.09 Å². The third-order valence-corrected chi connectivity index (χ3v) is 4.58. The van der Waals surface area contributed by atoms with Gasteiger partial charge in [0.2, 0.25) is 0 Å². The highest BCUT2D eigenvalue weighted by Crippen LogP contribution is 2.24. The van der Waals surface area contributed by atoms with Gasteiger partial charge in [0, 0.05) is 38.1 Å². The summed E-state index contributed by atoms with van der Waals surface area (Å²) < 4.78 is 2.31. The lowest BCUT2D eigenvalue weighted by Crippen LogP contribution is -2.34. The molecule has 5 N–H and O–H groups in total. The summed E-state index contributed by atoms with van der Waals surface area (Å²) in [5.41, 5.74) is 8.48. The van der Waals surface area contributed by atoms with Gasteiger partial charge in [0.15, 0.2) is 5.65 Å². The van der Waals surface area contributed by atoms with Gasteiger partial charge in [-0.3, -0.25) is 0 Å². The highest BCUT2D eigenvalue weighted by Gasteiger charge is 2.13. The van der Waals surface area contributed by atoms with Crippen molar-refractivity contribution in [2.45, 2.75) is 47.0 Å². The topological polar surface area (TPSA) is 126 Å². The van der Waals surface area contributed by atoms with Crippen molar-refractivity contribution in [2.75, 3.05) is 25.9 Å². The molecule has 0 radical (unpaired) electrons. The first kappa shape index (κ1) is 25.7. The van der Waals surface area contributed by atoms with Crippen molar-refractivity contribution in [1.29, 1.82) is 0 Å². The predicted octanol–water partition coefficient (Wildman–Crippen LogP) is 4.05. The number of nitrogen functional groups attached to an aromatic ring is 1. The van der Waals surface area contributed by atoms with Gasteiger partial charge in [0.05, 0.1) is 10.7 Å². The standard InChI is InChI=1S/C10H13BrN6.C6H11NO2.C4H10/c1-6(5-16(2)13)7-3-15-17-9(12)8(11)4-14-10(7)17;8-6(9)7-4-2-1-3-5-7;1-4(2)3/h3-5H,12-13H2,1-2H3;1-5H2,(H,8,9);4H,1-3H3/b6-5+;;. The van der Waals surface area contributed by atoms with Crippen LogP contribution >= 0.6 is 15.9 Å². The van der Waals surface area contributed by atoms with Crippen LogP contribution in [0.3, 0.4) is 0 Å². The highest BCUT2D eigenvalue weighted by molar-refractivity contribution is 9.10. The number of hydrogen-bond acceptors (Lipinski definition) is 6. The molecule has 0 aromatic carbocycles. The molecule has 0 saturated carbocycles. The predicted molar refractivity (Wildman–Crippen MR) is 125 cm³/mol. The fraction of sp³-hybridized carbons (Fsp3) is 0.550. The van der Waals surface area contributed by atoms with Gasteiger partial charge in [0.25, 0.3) is 0 Å². The first-order valence-electron chi connectivity index (χ1n) is 9.96. The minimum Gasteiger partial charge on any atom is -0.465 e. The fourth-order valence-electron chi connectivity index (χ4n) is 2.67. The van der Waals surface area contributed by atoms with Gasteiger partial charge >= 0.3 is 6.09 Å². The Balaban J connectivity index is 0.000000289. The van der Waals surface area contributed by atoms with Crippen LogP contribution < -0.4 is 11.6 Å². The van der Waals surface area contributed by atoms with E-state index in [0.29, 0.717) is 11.5 Å². The third-order valence-electron chi connectivity index (χ3n) is 3.97. The van der Waals surface area contributed by atoms with E-state index in [0.717, 1.165) is 47.5 Å². The van der Waals surface area contributed by atoms with Crippen LogP contribution in [0.2, 0.25) is 0 Å². The molecular formula is C20H34BrN7O2. The third kappa shape index (κ3) is 8.19. The Morgan fingerprint density at radius 3 is 2.30 bits per heavy atom. The molecule has 0 atom stereocenters. The molecule has 1 aliphatic rings. The quantitative estimate of drug-likeness (QED) is 0.434. The lowest BCUT2D eigenvalue weighted by atomic mass is 10.1. The van der Waals surface area contributed by atoms with Crippen LogP contribution in [-0.4, -0.2) is 55.8 Å². The van der Waals surface area contributed by atoms with Gasteiger partial charge in [-0.2, -0.15) is 9.61 Å². The molecule has 3 heterocycles. The van der Waals surface area contributed by atoms with Gasteiger partial charge in [0.1, 0.15) is 5.82 Å². The first-order valence-corrected chi connectivity index (χ1v) is 10.8. The van der Waals surface area contributed by atoms with Crippen molar-refractivity contribution >= 4 is 39.1 Å². The summed E-state index contributed by atoms with van der Waals surface area (Å²) >= 11 is 3.31. The number of allylic oxidation sites excluding steroid dienone is 1. The average molecular weight is 484 g/mol. The van der Waals surface area contributed by atoms with E-state index in [1.54, 1.807) is 30.2 Å². The maximum atomic E-state index is 10.3. The zero-order chi connectivity index (χ0) is 22.8. The number of amides is 1. The summed E-state index contributed by atoms with van der Waals surface area (Å²) in [7, 11) is 1.76. The molecule has 30 heavy (non-hydrogen) atoms. The van der Waals surface area contributed by atoms with Gasteiger partial charge in [-0.05, 0) is 53.6 Å². The maximum Gasteiger partial charge on any atom is 0.407 e. The number of halogens is 1. The molecule has 1 amide bonds. The van der Waals surface area contributed by atoms with Crippen LogP contribution in [-0.2, 0) is 0 Å². The number of aromatic nitrogens is 3. The number of anilines is 1. The molecule has 10 heteroatoms. The van der Waals surface area contributed by atoms with Crippen LogP contribution in [0.15, 0.2) is 23.1 Å². The molecule has 0 aliphatic carbocycles. The number of hydrogen-bond donors (Lipinski definition) is 3. The smallest absolute Gasteiger partial charge is 0.407 e. The Kier molecular flexibility index (Phi) is 10.6. The maximum absolute atomic E-state index is 10.3. The molecule has 2 aromatic rings. The molecule has 1 fully saturated rings. The molecule has 1 saturated heterocycles. The van der Waals surface area contributed by atoms with Crippen molar-refractivity contribution in [1.82, 2.24) is 24.5 Å². The number of rotatable bonds is 2. The summed E-state index contributed by atoms with van der Waals surface area (Å²) in [6.07, 6.45) is 7.67. The number of carboxylic acid groups (broad SMARTS) is 1. The molecule has 0 bridgehead atoms. The minimum absolute atomic E-state index is 0.523. The summed E-state index contributed by atoms with van der Waals surface area (Å²) in [6.45, 7) is 9.91. The van der Waals surface area contributed by atoms with Gasteiger partial charge < -0.3 is 20.7 Å². The molecular weight excluding hydrogens is 450 g/mol. The van der Waals surface area contributed by atoms with Crippen molar-refractivity contribution in [2.24, 2.45) is 11.8 Å². The van der Waals surface area contributed by atoms with E-state index in [1.165, 1.54) is 16.3 Å². The van der Waals surface area contributed by atoms with Gasteiger partial charge in [-0.15, -0.1) is 0 Å². The largest absolute Gasteiger partial charge is 0.465 e. The van der Waals surface area contributed by atoms with Crippen molar-refractivity contribution < 1.29 is 9.90 Å². The zero-order valence-electron chi connectivity index (χ0n) is 18.5. The summed E-state index contributed by atoms with van der Waals surface area (Å²) in [6, 6.07) is 0. The van der Waals surface area contributed by atoms with E-state index in [-0.39, 0.29) is 0 Å². The first-order chi connectivity index (χ1) is 14.0. The van der Waals surface area contributed by atoms with Crippen molar-refractivity contribution in [3.8, 4) is 0 Å². The van der Waals surface area contributed by atoms with Crippen LogP contribution in [0.25, 0.3) is 11.2 Å². The van der Waals surface area contributed by atoms with E-state index in [4.69, 9.17) is 16.7 Å². The molecule has 2 aromatic heterocycles. The Morgan fingerprint density at radius 1 is 1.27 bits per heavy atom. The van der Waals surface area contributed by atoms with Crippen LogP contribution in [0.5, 0.6) is 0 Å². The van der Waals surface area contributed by atoms with E-state index >= 15 is 0 Å². The molecule has 1 aliphatic heterocycles. The van der Waals surface area contributed by atoms with E-state index in [1.807, 2.05) is 6.92 Å². The molecule has 168 valence electrons. The van der Waals surface area contributed by atoms with Crippen LogP contribution in [0, 0.1) is 5.92 Å². The normalized spacial score (nSPS) is 14.0. The van der Waals surface area contributed by atoms with E-state index in [2.05, 4.69) is 46.8 Å². The molecule has 3 rings (SSSR count). The number of nitrogens with two attached hydrogens (primary N) is 2. The minimum atomic E-state index is -0.769. The van der Waals surface area contributed by atoms with Crippen LogP contribution in [0.1, 0.15) is 52.5 Å². The van der Waals surface area contributed by atoms with Crippen molar-refractivity contribution in [3.05, 3.63) is 28.6 Å². The lowest BCUT2D eigenvalue weighted by Gasteiger charge is -2.22. The molecule has 0 unspecified atom stereocenters. The Bertz CT molecular complexity index is 840. The number of piperidine rings is 1. The number of hydrazine groups is 1. The second-order valence-electron chi connectivity index (χ2n) is 7.82. The number of likely N-dealkylation sites (tertiary alicyclic amines) is 1. The second kappa shape index (κ2) is 12.4. The number of nitrogens with zero attached hydrogens (tertiary/aromatic N) is 5. The van der Waals surface area contributed by atoms with Gasteiger partial charge in [-0.1, -0.05) is 20.8 Å².